The minimum Gasteiger partial charge on any atom is -0.494 e. The largest absolute Gasteiger partial charge is 0.494 e. The van der Waals surface area contributed by atoms with E-state index in [0.29, 0.717) is 0 Å². The summed E-state index contributed by atoms with van der Waals surface area (Å²) >= 11 is 0. The Morgan fingerprint density at radius 1 is 0.667 bits per heavy atom. The number of nitrogens with zero attached hydrogens (tertiary/aromatic N) is 1. The summed E-state index contributed by atoms with van der Waals surface area (Å²) in [7, 11) is 0. The van der Waals surface area contributed by atoms with E-state index in [0.717, 1.165) is 19.3 Å². The Morgan fingerprint density at radius 2 is 1.06 bits per heavy atom. The predicted molar refractivity (Wildman–Crippen MR) is 144 cm³/mol. The van der Waals surface area contributed by atoms with Crippen LogP contribution in [0.15, 0.2) is 23.8 Å². The third-order valence-corrected chi connectivity index (χ3v) is 7.07. The van der Waals surface area contributed by atoms with Crippen LogP contribution in [0, 0.1) is 0 Å². The summed E-state index contributed by atoms with van der Waals surface area (Å²) in [5.74, 6) is 0.341. The average molecular weight is 462 g/mol. The summed E-state index contributed by atoms with van der Waals surface area (Å²) in [5.41, 5.74) is 1.27. The first-order valence-electron chi connectivity index (χ1n) is 14.4. The molecule has 0 aliphatic carbocycles. The average Bonchev–Trinajstić information content (AvgIpc) is 3.14. The van der Waals surface area contributed by atoms with Gasteiger partial charge in [-0.3, -0.25) is 4.57 Å². The quantitative estimate of drug-likeness (QED) is 0.133. The fraction of sp³-hybridized carbons (Fsp3) is 0.800. The summed E-state index contributed by atoms with van der Waals surface area (Å²) in [6.07, 6.45) is 28.4. The van der Waals surface area contributed by atoms with E-state index in [-0.39, 0.29) is 17.8 Å². The van der Waals surface area contributed by atoms with E-state index in [1.54, 1.807) is 16.7 Å². The number of aromatic nitrogens is 1. The Morgan fingerprint density at radius 3 is 1.52 bits per heavy atom. The van der Waals surface area contributed by atoms with E-state index in [4.69, 9.17) is 0 Å². The van der Waals surface area contributed by atoms with Crippen molar-refractivity contribution in [1.29, 1.82) is 0 Å². The first-order valence-corrected chi connectivity index (χ1v) is 14.4. The van der Waals surface area contributed by atoms with Crippen molar-refractivity contribution in [2.75, 3.05) is 0 Å². The highest BCUT2D eigenvalue weighted by molar-refractivity contribution is 5.28. The molecule has 0 aromatic carbocycles. The lowest BCUT2D eigenvalue weighted by Crippen LogP contribution is -2.10. The van der Waals surface area contributed by atoms with Crippen molar-refractivity contribution in [2.45, 2.75) is 155 Å². The van der Waals surface area contributed by atoms with Gasteiger partial charge in [-0.15, -0.1) is 0 Å². The molecule has 0 aliphatic heterocycles. The van der Waals surface area contributed by atoms with Crippen LogP contribution in [0.2, 0.25) is 0 Å². The van der Waals surface area contributed by atoms with E-state index in [1.807, 2.05) is 0 Å². The minimum atomic E-state index is 0.0584. The van der Waals surface area contributed by atoms with Crippen LogP contribution in [0.5, 0.6) is 11.8 Å². The van der Waals surface area contributed by atoms with Crippen molar-refractivity contribution in [3.05, 3.63) is 23.8 Å². The van der Waals surface area contributed by atoms with E-state index in [9.17, 15) is 10.2 Å². The molecule has 0 aliphatic rings. The van der Waals surface area contributed by atoms with Gasteiger partial charge in [0.05, 0.1) is 6.04 Å². The fourth-order valence-corrected chi connectivity index (χ4v) is 4.88. The lowest BCUT2D eigenvalue weighted by molar-refractivity contribution is 0.336. The molecule has 1 rings (SSSR count). The van der Waals surface area contributed by atoms with Gasteiger partial charge in [0.2, 0.25) is 0 Å². The van der Waals surface area contributed by atoms with E-state index in [2.05, 4.69) is 26.8 Å². The Hall–Kier alpha value is -1.38. The van der Waals surface area contributed by atoms with Crippen LogP contribution in [0.1, 0.15) is 155 Å². The number of hydrogen-bond acceptors (Lipinski definition) is 2. The number of rotatable bonds is 22. The number of unbranched alkanes of at least 4 members (excludes halogenated alkanes) is 17. The molecular formula is C30H55NO2. The van der Waals surface area contributed by atoms with Gasteiger partial charge in [-0.1, -0.05) is 135 Å². The third kappa shape index (κ3) is 13.8. The Kier molecular flexibility index (Phi) is 18.0. The van der Waals surface area contributed by atoms with Crippen LogP contribution in [-0.4, -0.2) is 14.8 Å². The molecule has 0 saturated carbocycles. The van der Waals surface area contributed by atoms with Gasteiger partial charge in [0.25, 0.3) is 0 Å². The second-order valence-electron chi connectivity index (χ2n) is 10.1. The van der Waals surface area contributed by atoms with Crippen molar-refractivity contribution in [2.24, 2.45) is 0 Å². The van der Waals surface area contributed by atoms with Gasteiger partial charge in [-0.25, -0.2) is 0 Å². The van der Waals surface area contributed by atoms with Crippen molar-refractivity contribution < 1.29 is 10.2 Å². The van der Waals surface area contributed by atoms with Crippen LogP contribution in [-0.2, 0) is 0 Å². The van der Waals surface area contributed by atoms with Crippen LogP contribution in [0.4, 0.5) is 0 Å². The molecule has 33 heavy (non-hydrogen) atoms. The Labute approximate surface area is 205 Å². The summed E-state index contributed by atoms with van der Waals surface area (Å²) in [5, 5.41) is 20.6. The second kappa shape index (κ2) is 20.0. The zero-order valence-corrected chi connectivity index (χ0v) is 22.3. The van der Waals surface area contributed by atoms with Gasteiger partial charge in [0, 0.05) is 12.1 Å². The molecule has 0 amide bonds. The molecule has 3 nitrogen and oxygen atoms in total. The van der Waals surface area contributed by atoms with E-state index < -0.39 is 0 Å². The molecule has 1 aromatic rings. The van der Waals surface area contributed by atoms with Crippen LogP contribution >= 0.6 is 0 Å². The van der Waals surface area contributed by atoms with E-state index >= 15 is 0 Å². The van der Waals surface area contributed by atoms with Gasteiger partial charge in [0.15, 0.2) is 11.8 Å². The highest BCUT2D eigenvalue weighted by Gasteiger charge is 2.19. The molecule has 0 spiro atoms. The summed E-state index contributed by atoms with van der Waals surface area (Å²) in [6, 6.07) is 3.27. The second-order valence-corrected chi connectivity index (χ2v) is 10.1. The molecule has 1 unspecified atom stereocenters. The zero-order chi connectivity index (χ0) is 24.2. The summed E-state index contributed by atoms with van der Waals surface area (Å²) in [6.45, 7) is 6.71. The molecule has 1 aromatic heterocycles. The molecule has 0 fully saturated rings. The van der Waals surface area contributed by atoms with Gasteiger partial charge in [0.1, 0.15) is 0 Å². The van der Waals surface area contributed by atoms with Gasteiger partial charge in [-0.05, 0) is 26.2 Å². The molecule has 1 atom stereocenters. The van der Waals surface area contributed by atoms with Crippen molar-refractivity contribution >= 4 is 0 Å². The maximum Gasteiger partial charge on any atom is 0.194 e. The van der Waals surface area contributed by atoms with Crippen molar-refractivity contribution in [3.8, 4) is 11.8 Å². The molecule has 0 bridgehead atoms. The Balaban J connectivity index is 2.37. The number of allylic oxidation sites excluding steroid dienone is 2. The topological polar surface area (TPSA) is 45.4 Å². The smallest absolute Gasteiger partial charge is 0.194 e. The standard InChI is InChI=1S/C30H55NO2/c1-4-6-8-10-12-14-16-17-19-21-23-27(3)28(31-29(32)25-26-30(31)33)24-22-20-18-15-13-11-9-7-5-2/h23,25-26,28,32-33H,4-22,24H2,1-3H3. The highest BCUT2D eigenvalue weighted by atomic mass is 16.3. The maximum atomic E-state index is 10.3. The predicted octanol–water partition coefficient (Wildman–Crippen LogP) is 10.2. The SMILES string of the molecule is CCCCCCCCCCCC=C(C)C(CCCCCCCCCCC)n1c(O)ccc1O. The maximum absolute atomic E-state index is 10.3. The van der Waals surface area contributed by atoms with Gasteiger partial charge in [-0.2, -0.15) is 0 Å². The molecule has 192 valence electrons. The first-order chi connectivity index (χ1) is 16.1. The molecule has 1 heterocycles. The van der Waals surface area contributed by atoms with Gasteiger partial charge >= 0.3 is 0 Å². The molecule has 2 N–H and O–H groups in total. The number of aromatic hydroxyl groups is 2. The minimum absolute atomic E-state index is 0.0584. The van der Waals surface area contributed by atoms with Crippen LogP contribution in [0.25, 0.3) is 0 Å². The van der Waals surface area contributed by atoms with Crippen molar-refractivity contribution in [1.82, 2.24) is 4.57 Å². The highest BCUT2D eigenvalue weighted by Crippen LogP contribution is 2.34. The summed E-state index contributed by atoms with van der Waals surface area (Å²) < 4.78 is 1.72. The zero-order valence-electron chi connectivity index (χ0n) is 22.3. The lowest BCUT2D eigenvalue weighted by atomic mass is 9.98. The molecule has 3 heteroatoms. The summed E-state index contributed by atoms with van der Waals surface area (Å²) in [4.78, 5) is 0. The van der Waals surface area contributed by atoms with Gasteiger partial charge < -0.3 is 10.2 Å². The monoisotopic (exact) mass is 461 g/mol. The van der Waals surface area contributed by atoms with Crippen molar-refractivity contribution in [3.63, 3.8) is 0 Å². The third-order valence-electron chi connectivity index (χ3n) is 7.07. The van der Waals surface area contributed by atoms with Crippen LogP contribution < -0.4 is 0 Å². The molecule has 0 saturated heterocycles. The first kappa shape index (κ1) is 29.7. The fourth-order valence-electron chi connectivity index (χ4n) is 4.88. The van der Waals surface area contributed by atoms with Crippen LogP contribution in [0.3, 0.4) is 0 Å². The normalized spacial score (nSPS) is 13.0. The molecular weight excluding hydrogens is 406 g/mol. The Bertz CT molecular complexity index is 585. The lowest BCUT2D eigenvalue weighted by Gasteiger charge is -2.22. The molecule has 0 radical (unpaired) electrons. The van der Waals surface area contributed by atoms with E-state index in [1.165, 1.54) is 115 Å². The number of hydrogen-bond donors (Lipinski definition) is 2.